The van der Waals surface area contributed by atoms with Gasteiger partial charge < -0.3 is 4.52 Å². The molecule has 0 radical (unpaired) electrons. The Morgan fingerprint density at radius 3 is 2.59 bits per heavy atom. The Balaban J connectivity index is 1.54. The van der Waals surface area contributed by atoms with Crippen molar-refractivity contribution in [2.24, 2.45) is 5.92 Å². The molecule has 3 nitrogen and oxygen atoms in total. The quantitative estimate of drug-likeness (QED) is 0.742. The van der Waals surface area contributed by atoms with Gasteiger partial charge in [0.25, 0.3) is 0 Å². The van der Waals surface area contributed by atoms with E-state index in [1.165, 1.54) is 50.5 Å². The largest absolute Gasteiger partial charge is 0.339 e. The molecule has 1 heterocycles. The molecule has 0 atom stereocenters. The number of hydrogen-bond donors (Lipinski definition) is 0. The minimum atomic E-state index is 0.481. The van der Waals surface area contributed by atoms with Gasteiger partial charge in [0.2, 0.25) is 5.89 Å². The number of aromatic nitrogens is 2. The van der Waals surface area contributed by atoms with Crippen LogP contribution >= 0.6 is 0 Å². The molecule has 22 heavy (non-hydrogen) atoms. The van der Waals surface area contributed by atoms with Crippen molar-refractivity contribution >= 4 is 0 Å². The minimum absolute atomic E-state index is 0.481. The van der Waals surface area contributed by atoms with Crippen LogP contribution in [0.4, 0.5) is 0 Å². The molecule has 0 spiro atoms. The van der Waals surface area contributed by atoms with Gasteiger partial charge >= 0.3 is 0 Å². The number of benzene rings is 1. The van der Waals surface area contributed by atoms with Gasteiger partial charge in [0.05, 0.1) is 0 Å². The fraction of sp³-hybridized carbons (Fsp3) is 0.579. The van der Waals surface area contributed by atoms with Gasteiger partial charge in [-0.15, -0.1) is 0 Å². The standard InChI is InChI=1S/C19H26N2O/c1-2-3-7-15-10-12-17(13-11-15)19-20-18(21-22-19)14-16-8-5-4-6-9-16/h4-6,8-9,15,17H,2-3,7,10-14H2,1H3. The Hall–Kier alpha value is -1.64. The van der Waals surface area contributed by atoms with E-state index >= 15 is 0 Å². The molecular weight excluding hydrogens is 272 g/mol. The van der Waals surface area contributed by atoms with E-state index in [2.05, 4.69) is 29.2 Å². The monoisotopic (exact) mass is 298 g/mol. The number of rotatable bonds is 6. The fourth-order valence-corrected chi connectivity index (χ4v) is 3.47. The van der Waals surface area contributed by atoms with E-state index in [9.17, 15) is 0 Å². The first-order chi connectivity index (χ1) is 10.8. The van der Waals surface area contributed by atoms with Crippen LogP contribution in [0.3, 0.4) is 0 Å². The van der Waals surface area contributed by atoms with Crippen molar-refractivity contribution in [3.8, 4) is 0 Å². The summed E-state index contributed by atoms with van der Waals surface area (Å²) in [6, 6.07) is 10.3. The van der Waals surface area contributed by atoms with Crippen molar-refractivity contribution in [1.29, 1.82) is 0 Å². The molecular formula is C19H26N2O. The normalized spacial score (nSPS) is 21.9. The van der Waals surface area contributed by atoms with Gasteiger partial charge in [0.15, 0.2) is 5.82 Å². The molecule has 1 aliphatic rings. The first kappa shape index (κ1) is 15.3. The molecule has 0 bridgehead atoms. The summed E-state index contributed by atoms with van der Waals surface area (Å²) in [6.07, 6.45) is 9.90. The molecule has 0 amide bonds. The summed E-state index contributed by atoms with van der Waals surface area (Å²) >= 11 is 0. The van der Waals surface area contributed by atoms with E-state index in [0.29, 0.717) is 5.92 Å². The number of nitrogens with zero attached hydrogens (tertiary/aromatic N) is 2. The smallest absolute Gasteiger partial charge is 0.229 e. The molecule has 1 fully saturated rings. The zero-order chi connectivity index (χ0) is 15.2. The van der Waals surface area contributed by atoms with Gasteiger partial charge in [0.1, 0.15) is 0 Å². The second-order valence-corrected chi connectivity index (χ2v) is 6.57. The van der Waals surface area contributed by atoms with Crippen LogP contribution in [0.5, 0.6) is 0 Å². The van der Waals surface area contributed by atoms with Crippen molar-refractivity contribution in [1.82, 2.24) is 10.1 Å². The summed E-state index contributed by atoms with van der Waals surface area (Å²) in [5, 5.41) is 4.17. The summed E-state index contributed by atoms with van der Waals surface area (Å²) in [4.78, 5) is 4.64. The van der Waals surface area contributed by atoms with E-state index in [0.717, 1.165) is 24.1 Å². The highest BCUT2D eigenvalue weighted by molar-refractivity contribution is 5.18. The van der Waals surface area contributed by atoms with Gasteiger partial charge in [-0.1, -0.05) is 61.7 Å². The van der Waals surface area contributed by atoms with E-state index < -0.39 is 0 Å². The van der Waals surface area contributed by atoms with Crippen LogP contribution in [0.25, 0.3) is 0 Å². The second-order valence-electron chi connectivity index (χ2n) is 6.57. The Kier molecular flexibility index (Phi) is 5.25. The predicted octanol–water partition coefficient (Wildman–Crippen LogP) is 5.12. The highest BCUT2D eigenvalue weighted by Crippen LogP contribution is 2.37. The van der Waals surface area contributed by atoms with E-state index in [1.54, 1.807) is 0 Å². The summed E-state index contributed by atoms with van der Waals surface area (Å²) in [7, 11) is 0. The Morgan fingerprint density at radius 1 is 1.09 bits per heavy atom. The molecule has 0 saturated heterocycles. The molecule has 1 saturated carbocycles. The highest BCUT2D eigenvalue weighted by Gasteiger charge is 2.26. The van der Waals surface area contributed by atoms with Gasteiger partial charge in [-0.05, 0) is 37.2 Å². The molecule has 118 valence electrons. The second kappa shape index (κ2) is 7.57. The third kappa shape index (κ3) is 3.96. The maximum atomic E-state index is 5.53. The van der Waals surface area contributed by atoms with Crippen LogP contribution in [0.2, 0.25) is 0 Å². The van der Waals surface area contributed by atoms with E-state index in [-0.39, 0.29) is 0 Å². The Labute approximate surface area is 133 Å². The molecule has 0 unspecified atom stereocenters. The molecule has 1 aliphatic carbocycles. The van der Waals surface area contributed by atoms with Crippen LogP contribution in [-0.4, -0.2) is 10.1 Å². The Bertz CT molecular complexity index is 556. The average Bonchev–Trinajstić information content (AvgIpc) is 3.03. The zero-order valence-electron chi connectivity index (χ0n) is 13.5. The van der Waals surface area contributed by atoms with Gasteiger partial charge in [-0.25, -0.2) is 0 Å². The zero-order valence-corrected chi connectivity index (χ0v) is 13.5. The third-order valence-electron chi connectivity index (χ3n) is 4.85. The van der Waals surface area contributed by atoms with Crippen molar-refractivity contribution in [3.05, 3.63) is 47.6 Å². The van der Waals surface area contributed by atoms with E-state index in [1.807, 2.05) is 18.2 Å². The molecule has 1 aromatic heterocycles. The highest BCUT2D eigenvalue weighted by atomic mass is 16.5. The summed E-state index contributed by atoms with van der Waals surface area (Å²) < 4.78 is 5.53. The molecule has 0 N–H and O–H groups in total. The van der Waals surface area contributed by atoms with Gasteiger partial charge in [0, 0.05) is 12.3 Å². The molecule has 3 rings (SSSR count). The molecule has 2 aromatic rings. The van der Waals surface area contributed by atoms with Crippen LogP contribution in [0.1, 0.15) is 75.1 Å². The van der Waals surface area contributed by atoms with Crippen LogP contribution in [0.15, 0.2) is 34.9 Å². The lowest BCUT2D eigenvalue weighted by Crippen LogP contribution is -2.13. The molecule has 0 aliphatic heterocycles. The van der Waals surface area contributed by atoms with Crippen molar-refractivity contribution in [3.63, 3.8) is 0 Å². The summed E-state index contributed by atoms with van der Waals surface area (Å²) in [6.45, 7) is 2.28. The third-order valence-corrected chi connectivity index (χ3v) is 4.85. The van der Waals surface area contributed by atoms with Crippen LogP contribution < -0.4 is 0 Å². The maximum Gasteiger partial charge on any atom is 0.229 e. The summed E-state index contributed by atoms with van der Waals surface area (Å²) in [5.74, 6) is 3.08. The van der Waals surface area contributed by atoms with Crippen LogP contribution in [0, 0.1) is 5.92 Å². The molecule has 1 aromatic carbocycles. The average molecular weight is 298 g/mol. The number of hydrogen-bond acceptors (Lipinski definition) is 3. The first-order valence-electron chi connectivity index (χ1n) is 8.71. The minimum Gasteiger partial charge on any atom is -0.339 e. The SMILES string of the molecule is CCCCC1CCC(c2nc(Cc3ccccc3)no2)CC1. The van der Waals surface area contributed by atoms with E-state index in [4.69, 9.17) is 4.52 Å². The van der Waals surface area contributed by atoms with Gasteiger partial charge in [-0.2, -0.15) is 4.98 Å². The van der Waals surface area contributed by atoms with Crippen LogP contribution in [-0.2, 0) is 6.42 Å². The van der Waals surface area contributed by atoms with Crippen molar-refractivity contribution < 1.29 is 4.52 Å². The lowest BCUT2D eigenvalue weighted by Gasteiger charge is -2.26. The van der Waals surface area contributed by atoms with Crippen molar-refractivity contribution in [2.45, 2.75) is 64.2 Å². The Morgan fingerprint density at radius 2 is 1.86 bits per heavy atom. The molecule has 3 heteroatoms. The topological polar surface area (TPSA) is 38.9 Å². The van der Waals surface area contributed by atoms with Gasteiger partial charge in [-0.3, -0.25) is 0 Å². The van der Waals surface area contributed by atoms with Crippen molar-refractivity contribution in [2.75, 3.05) is 0 Å². The first-order valence-corrected chi connectivity index (χ1v) is 8.71. The number of unbranched alkanes of at least 4 members (excludes halogenated alkanes) is 1. The fourth-order valence-electron chi connectivity index (χ4n) is 3.47. The lowest BCUT2D eigenvalue weighted by atomic mass is 9.80. The lowest BCUT2D eigenvalue weighted by molar-refractivity contribution is 0.260. The maximum absolute atomic E-state index is 5.53. The summed E-state index contributed by atoms with van der Waals surface area (Å²) in [5.41, 5.74) is 1.23. The predicted molar refractivity (Wildman–Crippen MR) is 87.8 cm³/mol.